The quantitative estimate of drug-likeness (QED) is 0.323. The molecular weight excluding hydrogens is 316 g/mol. The molecule has 0 aliphatic heterocycles. The molecule has 0 fully saturated rings. The summed E-state index contributed by atoms with van der Waals surface area (Å²) >= 11 is 0. The van der Waals surface area contributed by atoms with Crippen molar-refractivity contribution in [2.24, 2.45) is 11.8 Å². The van der Waals surface area contributed by atoms with E-state index in [2.05, 4.69) is 20.8 Å². The lowest BCUT2D eigenvalue weighted by Gasteiger charge is -2.11. The van der Waals surface area contributed by atoms with E-state index in [1.807, 2.05) is 0 Å². The second-order valence-corrected chi connectivity index (χ2v) is 7.58. The second kappa shape index (κ2) is 16.7. The number of hydrogen-bond acceptors (Lipinski definition) is 3. The van der Waals surface area contributed by atoms with Crippen LogP contribution in [0.4, 0.5) is 0 Å². The van der Waals surface area contributed by atoms with Gasteiger partial charge in [0.05, 0.1) is 0 Å². The highest BCUT2D eigenvalue weighted by Gasteiger charge is 2.03. The molecule has 0 saturated heterocycles. The minimum Gasteiger partial charge on any atom is -0.396 e. The highest BCUT2D eigenvalue weighted by atomic mass is 32.3. The van der Waals surface area contributed by atoms with Crippen molar-refractivity contribution in [3.63, 3.8) is 0 Å². The van der Waals surface area contributed by atoms with Crippen LogP contribution in [0.5, 0.6) is 0 Å². The maximum absolute atomic E-state index is 8.93. The summed E-state index contributed by atoms with van der Waals surface area (Å²) in [4.78, 5) is 0. The molecule has 0 aliphatic carbocycles. The molecule has 142 valence electrons. The molecule has 6 heteroatoms. The normalized spacial score (nSPS) is 14.0. The minimum absolute atomic E-state index is 0.356. The van der Waals surface area contributed by atoms with Crippen LogP contribution in [0, 0.1) is 11.8 Å². The minimum atomic E-state index is -4.67. The van der Waals surface area contributed by atoms with Crippen LogP contribution in [0.1, 0.15) is 91.4 Å². The Labute approximate surface area is 143 Å². The van der Waals surface area contributed by atoms with Crippen molar-refractivity contribution in [3.05, 3.63) is 0 Å². The van der Waals surface area contributed by atoms with E-state index in [1.165, 1.54) is 70.6 Å². The monoisotopic (exact) mass is 354 g/mol. The van der Waals surface area contributed by atoms with Crippen molar-refractivity contribution in [2.45, 2.75) is 91.4 Å². The number of rotatable bonds is 13. The van der Waals surface area contributed by atoms with Gasteiger partial charge in [-0.05, 0) is 18.3 Å². The third-order valence-electron chi connectivity index (χ3n) is 4.01. The Morgan fingerprint density at radius 1 is 0.739 bits per heavy atom. The van der Waals surface area contributed by atoms with Gasteiger partial charge in [-0.1, -0.05) is 85.0 Å². The van der Waals surface area contributed by atoms with Crippen LogP contribution in [0.25, 0.3) is 0 Å². The molecule has 0 radical (unpaired) electrons. The third kappa shape index (κ3) is 30.3. The Kier molecular flexibility index (Phi) is 18.2. The highest BCUT2D eigenvalue weighted by molar-refractivity contribution is 7.79. The Bertz CT molecular complexity index is 322. The van der Waals surface area contributed by atoms with Gasteiger partial charge in [0, 0.05) is 6.61 Å². The van der Waals surface area contributed by atoms with Crippen molar-refractivity contribution in [1.29, 1.82) is 0 Å². The molecular formula is C17H38O5S. The molecule has 0 aromatic carbocycles. The van der Waals surface area contributed by atoms with E-state index in [-0.39, 0.29) is 0 Å². The number of aliphatic hydroxyl groups excluding tert-OH is 1. The molecule has 0 aliphatic rings. The fourth-order valence-electron chi connectivity index (χ4n) is 2.49. The summed E-state index contributed by atoms with van der Waals surface area (Å²) in [6.07, 6.45) is 15.1. The van der Waals surface area contributed by atoms with Gasteiger partial charge in [-0.15, -0.1) is 0 Å². The molecule has 0 rings (SSSR count). The first kappa shape index (κ1) is 25.1. The molecule has 3 N–H and O–H groups in total. The standard InChI is InChI=1S/C17H36O.H2O4S/c1-4-5-6-9-12-16(2)13-10-7-8-11-14-17(3)15-18;1-5(2,3)4/h16-18H,4-15H2,1-3H3;(H2,1,2,3,4). The Balaban J connectivity index is 0. The summed E-state index contributed by atoms with van der Waals surface area (Å²) in [5, 5.41) is 8.93. The summed E-state index contributed by atoms with van der Waals surface area (Å²) in [5.74, 6) is 1.43. The average Bonchev–Trinajstić information content (AvgIpc) is 2.45. The van der Waals surface area contributed by atoms with Gasteiger partial charge in [0.2, 0.25) is 0 Å². The van der Waals surface area contributed by atoms with Gasteiger partial charge in [-0.3, -0.25) is 9.11 Å². The van der Waals surface area contributed by atoms with Gasteiger partial charge in [0.1, 0.15) is 0 Å². The van der Waals surface area contributed by atoms with Crippen LogP contribution in [0.2, 0.25) is 0 Å². The van der Waals surface area contributed by atoms with Gasteiger partial charge in [-0.25, -0.2) is 0 Å². The smallest absolute Gasteiger partial charge is 0.394 e. The van der Waals surface area contributed by atoms with E-state index in [0.717, 1.165) is 5.92 Å². The zero-order valence-corrected chi connectivity index (χ0v) is 16.0. The number of unbranched alkanes of at least 4 members (excludes halogenated alkanes) is 6. The first-order chi connectivity index (χ1) is 10.7. The number of aliphatic hydroxyl groups is 1. The van der Waals surface area contributed by atoms with E-state index in [0.29, 0.717) is 12.5 Å². The van der Waals surface area contributed by atoms with Crippen LogP contribution in [-0.2, 0) is 10.4 Å². The van der Waals surface area contributed by atoms with Crippen molar-refractivity contribution in [2.75, 3.05) is 6.61 Å². The molecule has 0 amide bonds. The summed E-state index contributed by atoms with van der Waals surface area (Å²) in [6.45, 7) is 7.19. The predicted molar refractivity (Wildman–Crippen MR) is 96.1 cm³/mol. The summed E-state index contributed by atoms with van der Waals surface area (Å²) in [7, 11) is -4.67. The van der Waals surface area contributed by atoms with E-state index >= 15 is 0 Å². The molecule has 0 spiro atoms. The Morgan fingerprint density at radius 2 is 1.09 bits per heavy atom. The Hall–Kier alpha value is -0.170. The van der Waals surface area contributed by atoms with Gasteiger partial charge in [0.15, 0.2) is 0 Å². The van der Waals surface area contributed by atoms with E-state index < -0.39 is 10.4 Å². The Morgan fingerprint density at radius 3 is 1.43 bits per heavy atom. The largest absolute Gasteiger partial charge is 0.396 e. The first-order valence-electron chi connectivity index (χ1n) is 9.01. The molecule has 5 nitrogen and oxygen atoms in total. The molecule has 0 saturated carbocycles. The molecule has 0 heterocycles. The zero-order chi connectivity index (χ0) is 18.1. The van der Waals surface area contributed by atoms with Crippen LogP contribution in [0.3, 0.4) is 0 Å². The topological polar surface area (TPSA) is 94.8 Å². The van der Waals surface area contributed by atoms with Gasteiger partial charge in [-0.2, -0.15) is 8.42 Å². The van der Waals surface area contributed by atoms with Gasteiger partial charge in [0.25, 0.3) is 0 Å². The lowest BCUT2D eigenvalue weighted by molar-refractivity contribution is 0.227. The zero-order valence-electron chi connectivity index (χ0n) is 15.2. The van der Waals surface area contributed by atoms with E-state index in [1.54, 1.807) is 0 Å². The molecule has 0 aromatic rings. The molecule has 0 aromatic heterocycles. The third-order valence-corrected chi connectivity index (χ3v) is 4.01. The van der Waals surface area contributed by atoms with Gasteiger partial charge >= 0.3 is 10.4 Å². The molecule has 2 unspecified atom stereocenters. The van der Waals surface area contributed by atoms with Crippen LogP contribution < -0.4 is 0 Å². The summed E-state index contributed by atoms with van der Waals surface area (Å²) in [5.41, 5.74) is 0. The predicted octanol–water partition coefficient (Wildman–Crippen LogP) is 4.91. The molecule has 2 atom stereocenters. The molecule has 0 bridgehead atoms. The van der Waals surface area contributed by atoms with Crippen molar-refractivity contribution >= 4 is 10.4 Å². The van der Waals surface area contributed by atoms with Gasteiger partial charge < -0.3 is 5.11 Å². The average molecular weight is 355 g/mol. The van der Waals surface area contributed by atoms with Crippen molar-refractivity contribution in [3.8, 4) is 0 Å². The van der Waals surface area contributed by atoms with Crippen molar-refractivity contribution in [1.82, 2.24) is 0 Å². The second-order valence-electron chi connectivity index (χ2n) is 6.68. The van der Waals surface area contributed by atoms with E-state index in [9.17, 15) is 0 Å². The SMILES string of the molecule is CCCCCCC(C)CCCCCCC(C)CO.O=S(=O)(O)O. The molecule has 23 heavy (non-hydrogen) atoms. The lowest BCUT2D eigenvalue weighted by Crippen LogP contribution is -2.00. The number of hydrogen-bond donors (Lipinski definition) is 3. The van der Waals surface area contributed by atoms with Crippen LogP contribution in [-0.4, -0.2) is 29.2 Å². The van der Waals surface area contributed by atoms with E-state index in [4.69, 9.17) is 22.6 Å². The summed E-state index contributed by atoms with van der Waals surface area (Å²) < 4.78 is 31.6. The maximum atomic E-state index is 8.93. The fourth-order valence-corrected chi connectivity index (χ4v) is 2.49. The van der Waals surface area contributed by atoms with Crippen LogP contribution in [0.15, 0.2) is 0 Å². The maximum Gasteiger partial charge on any atom is 0.394 e. The van der Waals surface area contributed by atoms with Crippen LogP contribution >= 0.6 is 0 Å². The highest BCUT2D eigenvalue weighted by Crippen LogP contribution is 2.18. The first-order valence-corrected chi connectivity index (χ1v) is 10.4. The fraction of sp³-hybridized carbons (Fsp3) is 1.00. The summed E-state index contributed by atoms with van der Waals surface area (Å²) in [6, 6.07) is 0. The van der Waals surface area contributed by atoms with Crippen molar-refractivity contribution < 1.29 is 22.6 Å². The lowest BCUT2D eigenvalue weighted by atomic mass is 9.95.